The van der Waals surface area contributed by atoms with Gasteiger partial charge in [-0.3, -0.25) is 0 Å². The molecule has 0 radical (unpaired) electrons. The van der Waals surface area contributed by atoms with Crippen molar-refractivity contribution in [2.24, 2.45) is 0 Å². The Morgan fingerprint density at radius 2 is 0.825 bits per heavy atom. The zero-order valence-electron chi connectivity index (χ0n) is 30.7. The van der Waals surface area contributed by atoms with Crippen LogP contribution in [-0.4, -0.2) is 19.5 Å². The van der Waals surface area contributed by atoms with Gasteiger partial charge >= 0.3 is 0 Å². The van der Waals surface area contributed by atoms with Crippen molar-refractivity contribution in [2.75, 3.05) is 0 Å². The first kappa shape index (κ1) is 31.7. The molecular weight excluding hydrogens is 697 g/mol. The van der Waals surface area contributed by atoms with Crippen LogP contribution in [0.15, 0.2) is 194 Å². The fraction of sp³-hybridized carbons (Fsp3) is 0.0192. The Balaban J connectivity index is 1.15. The predicted molar refractivity (Wildman–Crippen MR) is 228 cm³/mol. The predicted octanol–water partition coefficient (Wildman–Crippen LogP) is 12.4. The summed E-state index contributed by atoms with van der Waals surface area (Å²) in [6, 6.07) is 68.4. The van der Waals surface area contributed by atoms with E-state index in [1.165, 1.54) is 38.5 Å². The van der Waals surface area contributed by atoms with Gasteiger partial charge in [0.15, 0.2) is 17.5 Å². The standard InChI is InChI=1S/C52H32N4O/c1-3-15-33(16-4-1)49-53-50(34-17-5-2-6-18-34)55-51(54-49)35-27-29-41-39(31-35)40-32-36(56-45-23-11-7-19-37(45)38-20-8-12-24-46(38)56)28-30-42(40)52(41)43-21-9-13-25-47(43)57-48-26-14-10-22-44(48)52/h1-32H. The van der Waals surface area contributed by atoms with Crippen LogP contribution < -0.4 is 4.74 Å². The van der Waals surface area contributed by atoms with Gasteiger partial charge in [-0.15, -0.1) is 0 Å². The molecule has 8 aromatic carbocycles. The highest BCUT2D eigenvalue weighted by atomic mass is 16.5. The van der Waals surface area contributed by atoms with Crippen molar-refractivity contribution in [3.05, 3.63) is 216 Å². The molecule has 0 fully saturated rings. The number of fused-ring (bicyclic) bond motifs is 12. The molecule has 5 heteroatoms. The third kappa shape index (κ3) is 4.60. The zero-order chi connectivity index (χ0) is 37.5. The van der Waals surface area contributed by atoms with Crippen molar-refractivity contribution in [1.29, 1.82) is 0 Å². The molecule has 1 spiro atoms. The first-order valence-electron chi connectivity index (χ1n) is 19.3. The molecule has 57 heavy (non-hydrogen) atoms. The molecule has 3 heterocycles. The van der Waals surface area contributed by atoms with E-state index in [1.807, 2.05) is 60.7 Å². The molecule has 1 aliphatic carbocycles. The fourth-order valence-electron chi connectivity index (χ4n) is 9.31. The largest absolute Gasteiger partial charge is 0.457 e. The van der Waals surface area contributed by atoms with Crippen LogP contribution in [0.25, 0.3) is 72.8 Å². The summed E-state index contributed by atoms with van der Waals surface area (Å²) in [5.74, 6) is 3.63. The van der Waals surface area contributed by atoms with Gasteiger partial charge in [-0.05, 0) is 64.7 Å². The molecule has 0 saturated heterocycles. The van der Waals surface area contributed by atoms with Crippen LogP contribution in [0.3, 0.4) is 0 Å². The fourth-order valence-corrected chi connectivity index (χ4v) is 9.31. The number of hydrogen-bond acceptors (Lipinski definition) is 4. The minimum absolute atomic E-state index is 0.614. The molecule has 0 N–H and O–H groups in total. The van der Waals surface area contributed by atoms with E-state index in [1.54, 1.807) is 0 Å². The molecule has 2 aliphatic rings. The van der Waals surface area contributed by atoms with Crippen LogP contribution in [0.5, 0.6) is 11.5 Å². The van der Waals surface area contributed by atoms with Crippen LogP contribution in [0.1, 0.15) is 22.3 Å². The summed E-state index contributed by atoms with van der Waals surface area (Å²) in [5, 5.41) is 2.47. The normalized spacial score (nSPS) is 13.2. The SMILES string of the molecule is c1ccc(-c2nc(-c3ccccc3)nc(-c3ccc4c(c3)-c3cc(-n5c6ccccc6c6ccccc65)ccc3C43c4ccccc4Oc4ccccc43)n2)cc1. The second kappa shape index (κ2) is 12.2. The van der Waals surface area contributed by atoms with Crippen molar-refractivity contribution in [3.63, 3.8) is 0 Å². The second-order valence-electron chi connectivity index (χ2n) is 14.7. The van der Waals surface area contributed by atoms with E-state index >= 15 is 0 Å². The first-order valence-corrected chi connectivity index (χ1v) is 19.3. The molecular formula is C52H32N4O. The van der Waals surface area contributed by atoms with Gasteiger partial charge in [-0.2, -0.15) is 0 Å². The molecule has 0 unspecified atom stereocenters. The van der Waals surface area contributed by atoms with E-state index in [9.17, 15) is 0 Å². The van der Waals surface area contributed by atoms with Gasteiger partial charge < -0.3 is 9.30 Å². The summed E-state index contributed by atoms with van der Waals surface area (Å²) in [7, 11) is 0. The molecule has 0 atom stereocenters. The van der Waals surface area contributed by atoms with E-state index in [0.717, 1.165) is 50.6 Å². The van der Waals surface area contributed by atoms with E-state index in [-0.39, 0.29) is 0 Å². The van der Waals surface area contributed by atoms with Crippen LogP contribution in [0.2, 0.25) is 0 Å². The van der Waals surface area contributed by atoms with Gasteiger partial charge in [0.1, 0.15) is 11.5 Å². The molecule has 10 aromatic rings. The maximum atomic E-state index is 6.65. The summed E-state index contributed by atoms with van der Waals surface area (Å²) in [4.78, 5) is 15.3. The smallest absolute Gasteiger partial charge is 0.164 e. The van der Waals surface area contributed by atoms with Crippen molar-refractivity contribution in [1.82, 2.24) is 19.5 Å². The summed E-state index contributed by atoms with van der Waals surface area (Å²) in [6.45, 7) is 0. The molecule has 1 aliphatic heterocycles. The zero-order valence-corrected chi connectivity index (χ0v) is 30.7. The maximum Gasteiger partial charge on any atom is 0.164 e. The lowest BCUT2D eigenvalue weighted by Gasteiger charge is -2.39. The van der Waals surface area contributed by atoms with Crippen LogP contribution in [0.4, 0.5) is 0 Å². The number of ether oxygens (including phenoxy) is 1. The van der Waals surface area contributed by atoms with Crippen LogP contribution >= 0.6 is 0 Å². The summed E-state index contributed by atoms with van der Waals surface area (Å²) >= 11 is 0. The summed E-state index contributed by atoms with van der Waals surface area (Å²) < 4.78 is 9.04. The highest BCUT2D eigenvalue weighted by molar-refractivity contribution is 6.09. The van der Waals surface area contributed by atoms with E-state index in [4.69, 9.17) is 19.7 Å². The lowest BCUT2D eigenvalue weighted by atomic mass is 9.66. The van der Waals surface area contributed by atoms with Crippen molar-refractivity contribution < 1.29 is 4.74 Å². The van der Waals surface area contributed by atoms with Gasteiger partial charge in [-0.25, -0.2) is 15.0 Å². The average molecular weight is 729 g/mol. The summed E-state index contributed by atoms with van der Waals surface area (Å²) in [6.07, 6.45) is 0. The monoisotopic (exact) mass is 728 g/mol. The van der Waals surface area contributed by atoms with Crippen LogP contribution in [-0.2, 0) is 5.41 Å². The summed E-state index contributed by atoms with van der Waals surface area (Å²) in [5.41, 5.74) is 12.6. The van der Waals surface area contributed by atoms with Gasteiger partial charge in [0.25, 0.3) is 0 Å². The molecule has 5 nitrogen and oxygen atoms in total. The van der Waals surface area contributed by atoms with E-state index in [2.05, 4.69) is 138 Å². The van der Waals surface area contributed by atoms with Gasteiger partial charge in [0, 0.05) is 44.3 Å². The van der Waals surface area contributed by atoms with E-state index in [0.29, 0.717) is 17.5 Å². The van der Waals surface area contributed by atoms with Gasteiger partial charge in [0.05, 0.1) is 16.4 Å². The number of hydrogen-bond donors (Lipinski definition) is 0. The van der Waals surface area contributed by atoms with Crippen molar-refractivity contribution in [2.45, 2.75) is 5.41 Å². The van der Waals surface area contributed by atoms with Crippen molar-refractivity contribution >= 4 is 21.8 Å². The van der Waals surface area contributed by atoms with Gasteiger partial charge in [-0.1, -0.05) is 152 Å². The number of aromatic nitrogens is 4. The minimum Gasteiger partial charge on any atom is -0.457 e. The first-order chi connectivity index (χ1) is 28.3. The molecule has 0 amide bonds. The topological polar surface area (TPSA) is 52.8 Å². The Labute approximate surface area is 329 Å². The Morgan fingerprint density at radius 1 is 0.368 bits per heavy atom. The third-order valence-electron chi connectivity index (χ3n) is 11.7. The second-order valence-corrected chi connectivity index (χ2v) is 14.7. The number of para-hydroxylation sites is 4. The lowest BCUT2D eigenvalue weighted by molar-refractivity contribution is 0.436. The quantitative estimate of drug-likeness (QED) is 0.181. The maximum absolute atomic E-state index is 6.65. The number of rotatable bonds is 4. The highest BCUT2D eigenvalue weighted by Crippen LogP contribution is 2.62. The molecule has 266 valence electrons. The number of nitrogens with zero attached hydrogens (tertiary/aromatic N) is 4. The Morgan fingerprint density at radius 3 is 1.40 bits per heavy atom. The molecule has 12 rings (SSSR count). The molecule has 2 aromatic heterocycles. The Bertz CT molecular complexity index is 3070. The highest BCUT2D eigenvalue weighted by Gasteiger charge is 2.51. The van der Waals surface area contributed by atoms with E-state index < -0.39 is 5.41 Å². The number of benzene rings is 8. The Hall–Kier alpha value is -7.63. The van der Waals surface area contributed by atoms with Crippen molar-refractivity contribution in [3.8, 4) is 62.5 Å². The Kier molecular flexibility index (Phi) is 6.78. The third-order valence-corrected chi connectivity index (χ3v) is 11.7. The minimum atomic E-state index is -0.614. The molecule has 0 bridgehead atoms. The van der Waals surface area contributed by atoms with Crippen LogP contribution in [0, 0.1) is 0 Å². The lowest BCUT2D eigenvalue weighted by Crippen LogP contribution is -2.32. The molecule has 0 saturated carbocycles. The van der Waals surface area contributed by atoms with Gasteiger partial charge in [0.2, 0.25) is 0 Å². The average Bonchev–Trinajstić information content (AvgIpc) is 3.77.